The van der Waals surface area contributed by atoms with Crippen LogP contribution in [0.15, 0.2) is 48.5 Å². The fourth-order valence-corrected chi connectivity index (χ4v) is 1.54. The molecule has 0 N–H and O–H groups in total. The maximum atomic E-state index is 11.3. The number of carbonyl (C=O) groups excluding carboxylic acids is 1. The first kappa shape index (κ1) is 11.4. The van der Waals surface area contributed by atoms with E-state index in [-0.39, 0.29) is 5.78 Å². The molecule has 0 spiro atoms. The van der Waals surface area contributed by atoms with Gasteiger partial charge in [-0.25, -0.2) is 0 Å². The molecule has 2 heteroatoms. The smallest absolute Gasteiger partial charge is 0.159 e. The maximum Gasteiger partial charge on any atom is 0.159 e. The Balaban J connectivity index is 2.32. The Bertz CT molecular complexity index is 530. The van der Waals surface area contributed by atoms with Gasteiger partial charge in [-0.3, -0.25) is 4.79 Å². The van der Waals surface area contributed by atoms with Gasteiger partial charge in [0.05, 0.1) is 0 Å². The lowest BCUT2D eigenvalue weighted by atomic mass is 10.1. The van der Waals surface area contributed by atoms with Crippen LogP contribution in [-0.2, 0) is 0 Å². The molecule has 2 aromatic carbocycles. The van der Waals surface area contributed by atoms with E-state index in [1.165, 1.54) is 0 Å². The highest BCUT2D eigenvalue weighted by Gasteiger charge is 2.05. The predicted octanol–water partition coefficient (Wildman–Crippen LogP) is 3.99. The van der Waals surface area contributed by atoms with E-state index in [9.17, 15) is 4.79 Å². The number of para-hydroxylation sites is 1. The minimum absolute atomic E-state index is 0.0444. The molecule has 0 amide bonds. The summed E-state index contributed by atoms with van der Waals surface area (Å²) in [5.74, 6) is 1.54. The van der Waals surface area contributed by atoms with Crippen molar-refractivity contribution in [3.05, 3.63) is 59.7 Å². The van der Waals surface area contributed by atoms with Crippen LogP contribution in [0.3, 0.4) is 0 Å². The summed E-state index contributed by atoms with van der Waals surface area (Å²) in [7, 11) is 0. The molecular weight excluding hydrogens is 212 g/mol. The highest BCUT2D eigenvalue weighted by molar-refractivity contribution is 5.94. The number of ketones is 1. The van der Waals surface area contributed by atoms with Gasteiger partial charge < -0.3 is 4.74 Å². The lowest BCUT2D eigenvalue weighted by Crippen LogP contribution is -1.94. The summed E-state index contributed by atoms with van der Waals surface area (Å²) in [6.45, 7) is 3.51. The van der Waals surface area contributed by atoms with Gasteiger partial charge in [-0.15, -0.1) is 0 Å². The van der Waals surface area contributed by atoms with Crippen molar-refractivity contribution in [3.63, 3.8) is 0 Å². The topological polar surface area (TPSA) is 26.3 Å². The monoisotopic (exact) mass is 226 g/mol. The van der Waals surface area contributed by atoms with Gasteiger partial charge in [0.15, 0.2) is 5.78 Å². The minimum atomic E-state index is 0.0444. The molecule has 0 saturated carbocycles. The zero-order chi connectivity index (χ0) is 12.3. The molecule has 0 fully saturated rings. The summed E-state index contributed by atoms with van der Waals surface area (Å²) in [6, 6.07) is 15.0. The van der Waals surface area contributed by atoms with Crippen molar-refractivity contribution in [1.82, 2.24) is 0 Å². The lowest BCUT2D eigenvalue weighted by Gasteiger charge is -2.09. The second-order valence-corrected chi connectivity index (χ2v) is 3.95. The second kappa shape index (κ2) is 4.83. The zero-order valence-corrected chi connectivity index (χ0v) is 9.94. The van der Waals surface area contributed by atoms with E-state index >= 15 is 0 Å². The van der Waals surface area contributed by atoms with Crippen LogP contribution in [0.2, 0.25) is 0 Å². The zero-order valence-electron chi connectivity index (χ0n) is 9.94. The Morgan fingerprint density at radius 1 is 1.06 bits per heavy atom. The Labute approximate surface area is 101 Å². The van der Waals surface area contributed by atoms with Crippen molar-refractivity contribution in [2.75, 3.05) is 0 Å². The van der Waals surface area contributed by atoms with Crippen molar-refractivity contribution in [2.45, 2.75) is 13.8 Å². The standard InChI is InChI=1S/C15H14O2/c1-11-8-9-13(12(2)16)10-15(11)17-14-6-4-3-5-7-14/h3-10H,1-2H3. The van der Waals surface area contributed by atoms with E-state index in [1.807, 2.05) is 49.4 Å². The van der Waals surface area contributed by atoms with Gasteiger partial charge in [0, 0.05) is 5.56 Å². The Morgan fingerprint density at radius 2 is 1.76 bits per heavy atom. The minimum Gasteiger partial charge on any atom is -0.457 e. The van der Waals surface area contributed by atoms with E-state index in [4.69, 9.17) is 4.74 Å². The van der Waals surface area contributed by atoms with Gasteiger partial charge in [0.1, 0.15) is 11.5 Å². The average Bonchev–Trinajstić information content (AvgIpc) is 2.33. The van der Waals surface area contributed by atoms with E-state index in [0.29, 0.717) is 5.56 Å². The molecule has 0 unspecified atom stereocenters. The lowest BCUT2D eigenvalue weighted by molar-refractivity contribution is 0.101. The fraction of sp³-hybridized carbons (Fsp3) is 0.133. The molecule has 86 valence electrons. The third-order valence-corrected chi connectivity index (χ3v) is 2.57. The Hall–Kier alpha value is -2.09. The molecule has 0 aliphatic heterocycles. The fourth-order valence-electron chi connectivity index (χ4n) is 1.54. The van der Waals surface area contributed by atoms with Crippen molar-refractivity contribution in [1.29, 1.82) is 0 Å². The van der Waals surface area contributed by atoms with Crippen molar-refractivity contribution in [3.8, 4) is 11.5 Å². The van der Waals surface area contributed by atoms with E-state index in [0.717, 1.165) is 17.1 Å². The molecule has 0 atom stereocenters. The summed E-state index contributed by atoms with van der Waals surface area (Å²) in [4.78, 5) is 11.3. The summed E-state index contributed by atoms with van der Waals surface area (Å²) in [5.41, 5.74) is 1.68. The normalized spacial score (nSPS) is 10.0. The number of hydrogen-bond acceptors (Lipinski definition) is 2. The molecule has 0 saturated heterocycles. The van der Waals surface area contributed by atoms with Gasteiger partial charge in [-0.05, 0) is 37.6 Å². The average molecular weight is 226 g/mol. The predicted molar refractivity (Wildman–Crippen MR) is 67.7 cm³/mol. The second-order valence-electron chi connectivity index (χ2n) is 3.95. The quantitative estimate of drug-likeness (QED) is 0.740. The molecule has 17 heavy (non-hydrogen) atoms. The number of hydrogen-bond donors (Lipinski definition) is 0. The van der Waals surface area contributed by atoms with E-state index in [2.05, 4.69) is 0 Å². The van der Waals surface area contributed by atoms with Crippen molar-refractivity contribution >= 4 is 5.78 Å². The number of benzene rings is 2. The molecule has 0 aliphatic carbocycles. The van der Waals surface area contributed by atoms with Gasteiger partial charge in [-0.2, -0.15) is 0 Å². The van der Waals surface area contributed by atoms with Gasteiger partial charge >= 0.3 is 0 Å². The molecule has 0 radical (unpaired) electrons. The summed E-state index contributed by atoms with van der Waals surface area (Å²) >= 11 is 0. The summed E-state index contributed by atoms with van der Waals surface area (Å²) in [5, 5.41) is 0. The van der Waals surface area contributed by atoms with Crippen LogP contribution in [-0.4, -0.2) is 5.78 Å². The largest absolute Gasteiger partial charge is 0.457 e. The highest BCUT2D eigenvalue weighted by Crippen LogP contribution is 2.25. The van der Waals surface area contributed by atoms with Crippen molar-refractivity contribution in [2.24, 2.45) is 0 Å². The molecule has 2 nitrogen and oxygen atoms in total. The maximum absolute atomic E-state index is 11.3. The van der Waals surface area contributed by atoms with Crippen LogP contribution >= 0.6 is 0 Å². The van der Waals surface area contributed by atoms with Crippen LogP contribution in [0.4, 0.5) is 0 Å². The van der Waals surface area contributed by atoms with Gasteiger partial charge in [0.2, 0.25) is 0 Å². The molecule has 0 aromatic heterocycles. The molecular formula is C15H14O2. The van der Waals surface area contributed by atoms with Crippen LogP contribution in [0.1, 0.15) is 22.8 Å². The molecule has 0 heterocycles. The number of carbonyl (C=O) groups is 1. The van der Waals surface area contributed by atoms with Crippen LogP contribution in [0.5, 0.6) is 11.5 Å². The first-order valence-electron chi connectivity index (χ1n) is 5.51. The number of Topliss-reactive ketones (excluding diaryl/α,β-unsaturated/α-hetero) is 1. The molecule has 2 rings (SSSR count). The summed E-state index contributed by atoms with van der Waals surface area (Å²) < 4.78 is 5.75. The van der Waals surface area contributed by atoms with E-state index < -0.39 is 0 Å². The van der Waals surface area contributed by atoms with Crippen LogP contribution < -0.4 is 4.74 Å². The number of ether oxygens (including phenoxy) is 1. The first-order valence-corrected chi connectivity index (χ1v) is 5.51. The SMILES string of the molecule is CC(=O)c1ccc(C)c(Oc2ccccc2)c1. The molecule has 2 aromatic rings. The van der Waals surface area contributed by atoms with Crippen LogP contribution in [0, 0.1) is 6.92 Å². The Morgan fingerprint density at radius 3 is 2.41 bits per heavy atom. The first-order chi connectivity index (χ1) is 8.16. The third-order valence-electron chi connectivity index (χ3n) is 2.57. The molecule has 0 aliphatic rings. The van der Waals surface area contributed by atoms with Crippen LogP contribution in [0.25, 0.3) is 0 Å². The number of rotatable bonds is 3. The van der Waals surface area contributed by atoms with Gasteiger partial charge in [-0.1, -0.05) is 30.3 Å². The Kier molecular flexibility index (Phi) is 3.24. The third kappa shape index (κ3) is 2.72. The molecule has 0 bridgehead atoms. The summed E-state index contributed by atoms with van der Waals surface area (Å²) in [6.07, 6.45) is 0. The highest BCUT2D eigenvalue weighted by atomic mass is 16.5. The number of aryl methyl sites for hydroxylation is 1. The van der Waals surface area contributed by atoms with E-state index in [1.54, 1.807) is 13.0 Å². The van der Waals surface area contributed by atoms with Crippen molar-refractivity contribution < 1.29 is 9.53 Å². The van der Waals surface area contributed by atoms with Gasteiger partial charge in [0.25, 0.3) is 0 Å².